The van der Waals surface area contributed by atoms with Crippen LogP contribution in [0.4, 0.5) is 5.69 Å². The highest BCUT2D eigenvalue weighted by molar-refractivity contribution is 6.36. The van der Waals surface area contributed by atoms with Gasteiger partial charge in [-0.05, 0) is 84.0 Å². The molecule has 0 unspecified atom stereocenters. The summed E-state index contributed by atoms with van der Waals surface area (Å²) in [4.78, 5) is 22.5. The van der Waals surface area contributed by atoms with Crippen LogP contribution in [0.1, 0.15) is 59.6 Å². The number of fused-ring (bicyclic) bond motifs is 1. The Bertz CT molecular complexity index is 915. The van der Waals surface area contributed by atoms with E-state index < -0.39 is 11.9 Å². The Morgan fingerprint density at radius 3 is 2.52 bits per heavy atom. The lowest BCUT2D eigenvalue weighted by atomic mass is 9.90. The normalized spacial score (nSPS) is 12.9. The Hall–Kier alpha value is -2.82. The van der Waals surface area contributed by atoms with E-state index in [9.17, 15) is 14.7 Å². The van der Waals surface area contributed by atoms with Crippen molar-refractivity contribution in [2.24, 2.45) is 0 Å². The van der Waals surface area contributed by atoms with Crippen molar-refractivity contribution in [1.29, 1.82) is 0 Å². The molecular weight excluding hydrogens is 342 g/mol. The highest BCUT2D eigenvalue weighted by Crippen LogP contribution is 2.36. The van der Waals surface area contributed by atoms with Crippen LogP contribution in [-0.2, 0) is 28.9 Å². The maximum absolute atomic E-state index is 11.6. The van der Waals surface area contributed by atoms with E-state index in [2.05, 4.69) is 25.2 Å². The summed E-state index contributed by atoms with van der Waals surface area (Å²) in [6.45, 7) is 6.11. The van der Waals surface area contributed by atoms with Gasteiger partial charge in [-0.2, -0.15) is 0 Å². The molecule has 0 saturated heterocycles. The molecule has 2 aromatic rings. The van der Waals surface area contributed by atoms with Gasteiger partial charge in [0.2, 0.25) is 0 Å². The minimum absolute atomic E-state index is 0.241. The molecule has 1 aliphatic carbocycles. The van der Waals surface area contributed by atoms with E-state index in [0.29, 0.717) is 11.4 Å². The fraction of sp³-hybridized carbons (Fsp3) is 0.364. The molecule has 0 saturated carbocycles. The lowest BCUT2D eigenvalue weighted by Crippen LogP contribution is -2.22. The molecule has 27 heavy (non-hydrogen) atoms. The Morgan fingerprint density at radius 1 is 1.15 bits per heavy atom. The number of nitrogens with one attached hydrogen (secondary N) is 1. The van der Waals surface area contributed by atoms with Crippen molar-refractivity contribution in [3.8, 4) is 5.75 Å². The second-order valence-electron chi connectivity index (χ2n) is 7.51. The quantitative estimate of drug-likeness (QED) is 0.715. The summed E-state index contributed by atoms with van der Waals surface area (Å²) in [6.07, 6.45) is 3.51. The number of aliphatic carboxylic acids is 1. The van der Waals surface area contributed by atoms with Gasteiger partial charge in [-0.1, -0.05) is 26.0 Å². The zero-order valence-corrected chi connectivity index (χ0v) is 15.9. The van der Waals surface area contributed by atoms with Gasteiger partial charge in [-0.3, -0.25) is 4.79 Å². The van der Waals surface area contributed by atoms with Gasteiger partial charge in [0, 0.05) is 5.69 Å². The van der Waals surface area contributed by atoms with Crippen LogP contribution in [0.15, 0.2) is 24.3 Å². The molecule has 5 nitrogen and oxygen atoms in total. The van der Waals surface area contributed by atoms with Crippen molar-refractivity contribution in [3.63, 3.8) is 0 Å². The molecule has 2 aromatic carbocycles. The fourth-order valence-corrected chi connectivity index (χ4v) is 3.92. The highest BCUT2D eigenvalue weighted by atomic mass is 16.4. The molecule has 1 aliphatic rings. The predicted octanol–water partition coefficient (Wildman–Crippen LogP) is 3.93. The summed E-state index contributed by atoms with van der Waals surface area (Å²) in [7, 11) is 0. The van der Waals surface area contributed by atoms with E-state index in [1.165, 1.54) is 11.1 Å². The van der Waals surface area contributed by atoms with Crippen molar-refractivity contribution >= 4 is 17.6 Å². The molecular formula is C22H25NO4. The number of carbonyl (C=O) groups is 2. The van der Waals surface area contributed by atoms with Crippen molar-refractivity contribution in [2.45, 2.75) is 52.4 Å². The number of anilines is 1. The van der Waals surface area contributed by atoms with Gasteiger partial charge in [-0.15, -0.1) is 0 Å². The third-order valence-corrected chi connectivity index (χ3v) is 5.28. The largest absolute Gasteiger partial charge is 0.508 e. The molecule has 0 atom stereocenters. The zero-order valence-electron chi connectivity index (χ0n) is 15.9. The third kappa shape index (κ3) is 3.82. The van der Waals surface area contributed by atoms with Crippen LogP contribution < -0.4 is 5.32 Å². The predicted molar refractivity (Wildman–Crippen MR) is 104 cm³/mol. The van der Waals surface area contributed by atoms with E-state index in [4.69, 9.17) is 5.11 Å². The van der Waals surface area contributed by atoms with Gasteiger partial charge in [0.1, 0.15) is 5.75 Å². The van der Waals surface area contributed by atoms with Crippen LogP contribution in [-0.4, -0.2) is 22.1 Å². The first kappa shape index (κ1) is 19.0. The van der Waals surface area contributed by atoms with Crippen molar-refractivity contribution in [2.75, 3.05) is 5.32 Å². The minimum atomic E-state index is -1.48. The maximum atomic E-state index is 11.6. The molecule has 3 N–H and O–H groups in total. The number of carboxylic acid groups (broad SMARTS) is 1. The molecule has 0 spiro atoms. The summed E-state index contributed by atoms with van der Waals surface area (Å²) >= 11 is 0. The highest BCUT2D eigenvalue weighted by Gasteiger charge is 2.23. The van der Waals surface area contributed by atoms with Crippen LogP contribution in [0.5, 0.6) is 5.75 Å². The van der Waals surface area contributed by atoms with Gasteiger partial charge in [-0.25, -0.2) is 4.79 Å². The number of hydrogen-bond donors (Lipinski definition) is 3. The number of phenolic OH excluding ortho intramolecular Hbond substituents is 1. The third-order valence-electron chi connectivity index (χ3n) is 5.28. The molecule has 3 rings (SSSR count). The van der Waals surface area contributed by atoms with Crippen molar-refractivity contribution in [3.05, 3.63) is 57.6 Å². The topological polar surface area (TPSA) is 86.6 Å². The molecule has 0 aromatic heterocycles. The van der Waals surface area contributed by atoms with Crippen LogP contribution in [0.25, 0.3) is 0 Å². The molecule has 1 amide bonds. The number of benzene rings is 2. The lowest BCUT2D eigenvalue weighted by Gasteiger charge is -2.18. The Labute approximate surface area is 159 Å². The first-order chi connectivity index (χ1) is 12.8. The van der Waals surface area contributed by atoms with E-state index in [-0.39, 0.29) is 5.92 Å². The molecule has 0 aliphatic heterocycles. The summed E-state index contributed by atoms with van der Waals surface area (Å²) in [5.74, 6) is -1.92. The smallest absolute Gasteiger partial charge is 0.394 e. The zero-order chi connectivity index (χ0) is 19.7. The molecule has 142 valence electrons. The summed E-state index contributed by atoms with van der Waals surface area (Å²) < 4.78 is 0. The summed E-state index contributed by atoms with van der Waals surface area (Å²) in [5, 5.41) is 21.5. The Kier molecular flexibility index (Phi) is 5.22. The van der Waals surface area contributed by atoms with Crippen molar-refractivity contribution in [1.82, 2.24) is 0 Å². The van der Waals surface area contributed by atoms with E-state index in [1.807, 2.05) is 19.1 Å². The van der Waals surface area contributed by atoms with Gasteiger partial charge < -0.3 is 15.5 Å². The number of carboxylic acids is 1. The number of aromatic hydroxyl groups is 1. The van der Waals surface area contributed by atoms with Gasteiger partial charge in [0.25, 0.3) is 0 Å². The average Bonchev–Trinajstić information content (AvgIpc) is 3.09. The standard InChI is InChI=1S/C22H25NO4/c1-12(2)17-10-14(7-8-20(17)24)11-18-13(3)9-19(23-21(25)22(26)27)16-6-4-5-15(16)18/h7-10,12,24H,4-6,11H2,1-3H3,(H,23,25)(H,26,27). The molecule has 0 fully saturated rings. The van der Waals surface area contributed by atoms with Gasteiger partial charge in [0.05, 0.1) is 0 Å². The summed E-state index contributed by atoms with van der Waals surface area (Å²) in [5.41, 5.74) is 7.22. The number of carbonyl (C=O) groups excluding carboxylic acids is 1. The van der Waals surface area contributed by atoms with Gasteiger partial charge in [0.15, 0.2) is 0 Å². The van der Waals surface area contributed by atoms with E-state index in [0.717, 1.165) is 47.9 Å². The molecule has 0 bridgehead atoms. The first-order valence-electron chi connectivity index (χ1n) is 9.28. The lowest BCUT2D eigenvalue weighted by molar-refractivity contribution is -0.147. The van der Waals surface area contributed by atoms with Gasteiger partial charge >= 0.3 is 11.9 Å². The Morgan fingerprint density at radius 2 is 1.85 bits per heavy atom. The molecule has 0 radical (unpaired) electrons. The fourth-order valence-electron chi connectivity index (χ4n) is 3.92. The number of amides is 1. The van der Waals surface area contributed by atoms with Crippen LogP contribution in [0, 0.1) is 6.92 Å². The monoisotopic (exact) mass is 367 g/mol. The SMILES string of the molecule is Cc1cc(NC(=O)C(=O)O)c2c(c1Cc1ccc(O)c(C(C)C)c1)CCC2. The molecule has 0 heterocycles. The number of aryl methyl sites for hydroxylation is 1. The van der Waals surface area contributed by atoms with Crippen LogP contribution in [0.2, 0.25) is 0 Å². The minimum Gasteiger partial charge on any atom is -0.508 e. The van der Waals surface area contributed by atoms with Crippen molar-refractivity contribution < 1.29 is 19.8 Å². The number of rotatable bonds is 4. The second kappa shape index (κ2) is 7.43. The second-order valence-corrected chi connectivity index (χ2v) is 7.51. The molecule has 5 heteroatoms. The van der Waals surface area contributed by atoms with E-state index in [1.54, 1.807) is 6.07 Å². The Balaban J connectivity index is 1.98. The summed E-state index contributed by atoms with van der Waals surface area (Å²) in [6, 6.07) is 7.63. The van der Waals surface area contributed by atoms with Crippen LogP contribution in [0.3, 0.4) is 0 Å². The van der Waals surface area contributed by atoms with E-state index >= 15 is 0 Å². The number of phenols is 1. The maximum Gasteiger partial charge on any atom is 0.394 e. The number of hydrogen-bond acceptors (Lipinski definition) is 3. The average molecular weight is 367 g/mol. The first-order valence-corrected chi connectivity index (χ1v) is 9.28. The van der Waals surface area contributed by atoms with Crippen LogP contribution >= 0.6 is 0 Å².